The molecule has 1 aliphatic heterocycles. The maximum Gasteiger partial charge on any atom is 0.341 e. The average Bonchev–Trinajstić information content (AvgIpc) is 2.33. The highest BCUT2D eigenvalue weighted by Crippen LogP contribution is 2.52. The molecular formula is C8HBr5O2. The minimum absolute atomic E-state index is 0.368. The molecule has 0 aromatic heterocycles. The zero-order chi connectivity index (χ0) is 11.4. The lowest BCUT2D eigenvalue weighted by Crippen LogP contribution is -2.08. The van der Waals surface area contributed by atoms with Crippen molar-refractivity contribution in [2.24, 2.45) is 0 Å². The molecule has 0 saturated carbocycles. The Bertz CT molecular complexity index is 469. The topological polar surface area (TPSA) is 26.3 Å². The number of ether oxygens (including phenoxy) is 1. The van der Waals surface area contributed by atoms with Crippen LogP contribution in [0, 0.1) is 0 Å². The van der Waals surface area contributed by atoms with Gasteiger partial charge in [-0.25, -0.2) is 4.79 Å². The van der Waals surface area contributed by atoms with Gasteiger partial charge in [0, 0.05) is 19.0 Å². The number of fused-ring (bicyclic) bond motifs is 1. The van der Waals surface area contributed by atoms with Crippen LogP contribution >= 0.6 is 79.6 Å². The number of carbonyl (C=O) groups excluding carboxylic acids is 1. The van der Waals surface area contributed by atoms with Gasteiger partial charge in [-0.3, -0.25) is 0 Å². The van der Waals surface area contributed by atoms with Crippen LogP contribution in [0.2, 0.25) is 0 Å². The van der Waals surface area contributed by atoms with E-state index >= 15 is 0 Å². The van der Waals surface area contributed by atoms with Crippen LogP contribution in [0.3, 0.4) is 0 Å². The zero-order valence-corrected chi connectivity index (χ0v) is 14.7. The van der Waals surface area contributed by atoms with Crippen LogP contribution in [-0.4, -0.2) is 5.97 Å². The Morgan fingerprint density at radius 1 is 1.13 bits per heavy atom. The molecule has 15 heavy (non-hydrogen) atoms. The summed E-state index contributed by atoms with van der Waals surface area (Å²) in [6.07, 6.45) is 0. The molecule has 80 valence electrons. The van der Waals surface area contributed by atoms with E-state index in [4.69, 9.17) is 4.74 Å². The van der Waals surface area contributed by atoms with E-state index in [0.717, 1.165) is 19.0 Å². The van der Waals surface area contributed by atoms with Crippen molar-refractivity contribution in [3.63, 3.8) is 0 Å². The van der Waals surface area contributed by atoms with E-state index in [9.17, 15) is 4.79 Å². The Hall–Kier alpha value is 1.09. The molecule has 1 aromatic carbocycles. The third kappa shape index (κ3) is 1.99. The Kier molecular flexibility index (Phi) is 3.41. The number of carbonyl (C=O) groups is 1. The Morgan fingerprint density at radius 2 is 1.73 bits per heavy atom. The fourth-order valence-corrected chi connectivity index (χ4v) is 4.63. The highest BCUT2D eigenvalue weighted by atomic mass is 79.9. The lowest BCUT2D eigenvalue weighted by molar-refractivity contribution is 0.0493. The van der Waals surface area contributed by atoms with Gasteiger partial charge in [-0.05, 0) is 85.7 Å². The largest absolute Gasteiger partial charge is 0.429 e. The molecule has 2 nitrogen and oxygen atoms in total. The summed E-state index contributed by atoms with van der Waals surface area (Å²) in [4.78, 5) is 11.6. The normalized spacial score (nSPS) is 17.5. The van der Waals surface area contributed by atoms with E-state index in [-0.39, 0.29) is 5.97 Å². The lowest BCUT2D eigenvalue weighted by atomic mass is 10.1. The van der Waals surface area contributed by atoms with Crippen molar-refractivity contribution >= 4 is 85.6 Å². The van der Waals surface area contributed by atoms with E-state index in [2.05, 4.69) is 79.6 Å². The predicted octanol–water partition coefficient (Wildman–Crippen LogP) is 5.04. The van der Waals surface area contributed by atoms with E-state index in [1.54, 1.807) is 6.07 Å². The van der Waals surface area contributed by atoms with E-state index in [1.165, 1.54) is 0 Å². The van der Waals surface area contributed by atoms with Crippen LogP contribution in [0.4, 0.5) is 0 Å². The SMILES string of the molecule is O=C1OC(Br)(Br)c2c1cc(Br)c(Br)c2Br. The first-order valence-corrected chi connectivity index (χ1v) is 7.60. The van der Waals surface area contributed by atoms with Crippen LogP contribution in [0.25, 0.3) is 0 Å². The summed E-state index contributed by atoms with van der Waals surface area (Å²) in [5, 5.41) is 0. The Morgan fingerprint density at radius 3 is 2.33 bits per heavy atom. The number of esters is 1. The van der Waals surface area contributed by atoms with Crippen LogP contribution in [0.15, 0.2) is 19.5 Å². The Labute approximate surface area is 128 Å². The van der Waals surface area contributed by atoms with Gasteiger partial charge in [0.1, 0.15) is 0 Å². The van der Waals surface area contributed by atoms with Crippen LogP contribution in [0.5, 0.6) is 0 Å². The van der Waals surface area contributed by atoms with Gasteiger partial charge in [0.2, 0.25) is 3.42 Å². The van der Waals surface area contributed by atoms with E-state index in [0.29, 0.717) is 5.56 Å². The van der Waals surface area contributed by atoms with Crippen LogP contribution in [0.1, 0.15) is 15.9 Å². The first-order chi connectivity index (χ1) is 6.84. The molecule has 1 heterocycles. The molecule has 0 atom stereocenters. The minimum Gasteiger partial charge on any atom is -0.429 e. The number of benzene rings is 1. The summed E-state index contributed by atoms with van der Waals surface area (Å²) in [5.74, 6) is -0.368. The van der Waals surface area contributed by atoms with Gasteiger partial charge >= 0.3 is 5.97 Å². The zero-order valence-electron chi connectivity index (χ0n) is 6.78. The van der Waals surface area contributed by atoms with Crippen molar-refractivity contribution < 1.29 is 9.53 Å². The van der Waals surface area contributed by atoms with Crippen molar-refractivity contribution in [3.8, 4) is 0 Å². The smallest absolute Gasteiger partial charge is 0.341 e. The van der Waals surface area contributed by atoms with Crippen molar-refractivity contribution in [2.45, 2.75) is 3.42 Å². The first-order valence-electron chi connectivity index (χ1n) is 3.63. The van der Waals surface area contributed by atoms with Gasteiger partial charge in [-0.15, -0.1) is 0 Å². The summed E-state index contributed by atoms with van der Waals surface area (Å²) in [7, 11) is 0. The average molecular weight is 529 g/mol. The van der Waals surface area contributed by atoms with Gasteiger partial charge in [0.05, 0.1) is 5.56 Å². The second-order valence-corrected chi connectivity index (χ2v) is 8.55. The number of rotatable bonds is 0. The molecule has 0 radical (unpaired) electrons. The highest BCUT2D eigenvalue weighted by Gasteiger charge is 2.44. The number of hydrogen-bond donors (Lipinski definition) is 0. The van der Waals surface area contributed by atoms with Gasteiger partial charge in [0.15, 0.2) is 0 Å². The standard InChI is InChI=1S/C8HBr5O2/c9-3-1-2-4(6(11)5(3)10)8(12,13)15-7(2)14/h1H. The molecule has 0 unspecified atom stereocenters. The molecule has 2 rings (SSSR count). The summed E-state index contributed by atoms with van der Waals surface area (Å²) in [6.45, 7) is 0. The molecular weight excluding hydrogens is 528 g/mol. The first kappa shape index (κ1) is 12.5. The maximum absolute atomic E-state index is 11.6. The van der Waals surface area contributed by atoms with Crippen molar-refractivity contribution in [2.75, 3.05) is 0 Å². The number of halogens is 5. The van der Waals surface area contributed by atoms with E-state index < -0.39 is 3.42 Å². The van der Waals surface area contributed by atoms with Gasteiger partial charge < -0.3 is 4.74 Å². The number of hydrogen-bond acceptors (Lipinski definition) is 2. The van der Waals surface area contributed by atoms with Crippen molar-refractivity contribution in [1.82, 2.24) is 0 Å². The second-order valence-electron chi connectivity index (χ2n) is 2.82. The Balaban J connectivity index is 2.81. The third-order valence-electron chi connectivity index (χ3n) is 1.89. The summed E-state index contributed by atoms with van der Waals surface area (Å²) in [5.41, 5.74) is 1.24. The molecule has 0 aliphatic carbocycles. The molecule has 0 saturated heterocycles. The lowest BCUT2D eigenvalue weighted by Gasteiger charge is -2.15. The molecule has 1 aromatic rings. The van der Waals surface area contributed by atoms with Crippen LogP contribution < -0.4 is 0 Å². The quantitative estimate of drug-likeness (QED) is 0.268. The predicted molar refractivity (Wildman–Crippen MR) is 74.5 cm³/mol. The molecule has 0 spiro atoms. The van der Waals surface area contributed by atoms with E-state index in [1.807, 2.05) is 0 Å². The molecule has 0 amide bonds. The molecule has 0 N–H and O–H groups in total. The highest BCUT2D eigenvalue weighted by molar-refractivity contribution is 9.24. The number of cyclic esters (lactones) is 1. The molecule has 0 fully saturated rings. The number of alkyl halides is 2. The van der Waals surface area contributed by atoms with Crippen molar-refractivity contribution in [3.05, 3.63) is 30.6 Å². The summed E-state index contributed by atoms with van der Waals surface area (Å²) in [6, 6.07) is 1.72. The maximum atomic E-state index is 11.6. The van der Waals surface area contributed by atoms with Gasteiger partial charge in [-0.1, -0.05) is 0 Å². The molecule has 1 aliphatic rings. The fraction of sp³-hybridized carbons (Fsp3) is 0.125. The monoisotopic (exact) mass is 524 g/mol. The second kappa shape index (κ2) is 4.08. The third-order valence-corrected chi connectivity index (χ3v) is 6.32. The minimum atomic E-state index is -0.950. The fourth-order valence-electron chi connectivity index (χ4n) is 1.26. The summed E-state index contributed by atoms with van der Waals surface area (Å²) < 4.78 is 6.58. The van der Waals surface area contributed by atoms with Gasteiger partial charge in [-0.2, -0.15) is 0 Å². The molecule has 7 heteroatoms. The van der Waals surface area contributed by atoms with Gasteiger partial charge in [0.25, 0.3) is 0 Å². The summed E-state index contributed by atoms with van der Waals surface area (Å²) >= 11 is 16.8. The van der Waals surface area contributed by atoms with Crippen LogP contribution in [-0.2, 0) is 8.16 Å². The molecule has 0 bridgehead atoms. The van der Waals surface area contributed by atoms with Crippen molar-refractivity contribution in [1.29, 1.82) is 0 Å².